The Morgan fingerprint density at radius 3 is 3.06 bits per heavy atom. The van der Waals surface area contributed by atoms with Gasteiger partial charge in [0, 0.05) is 18.3 Å². The first-order valence-electron chi connectivity index (χ1n) is 6.25. The number of hydrogen-bond acceptors (Lipinski definition) is 3. The van der Waals surface area contributed by atoms with Gasteiger partial charge in [0.2, 0.25) is 0 Å². The van der Waals surface area contributed by atoms with Crippen molar-refractivity contribution in [2.45, 2.75) is 31.4 Å². The Balaban J connectivity index is 1.99. The summed E-state index contributed by atoms with van der Waals surface area (Å²) in [6, 6.07) is 5.17. The van der Waals surface area contributed by atoms with E-state index in [1.54, 1.807) is 17.8 Å². The van der Waals surface area contributed by atoms with Gasteiger partial charge in [-0.3, -0.25) is 0 Å². The highest BCUT2D eigenvalue weighted by molar-refractivity contribution is 7.98. The molecule has 4 heteroatoms. The van der Waals surface area contributed by atoms with Crippen LogP contribution in [0.2, 0.25) is 0 Å². The van der Waals surface area contributed by atoms with Crippen LogP contribution in [0.3, 0.4) is 0 Å². The van der Waals surface area contributed by atoms with Crippen molar-refractivity contribution in [3.05, 3.63) is 35.1 Å². The number of rotatable bonds is 5. The highest BCUT2D eigenvalue weighted by Crippen LogP contribution is 2.31. The standard InChI is InChI=1S/C14H20FNOS/c1-14(17,9-18-2)8-16-13-6-4-10-3-5-11(15)7-12(10)13/h3,5,7,13,16-17H,4,6,8-9H2,1-2H3/t13-,14-/m1/s1. The Morgan fingerprint density at radius 2 is 2.33 bits per heavy atom. The maximum absolute atomic E-state index is 13.2. The molecule has 0 aromatic heterocycles. The molecule has 0 amide bonds. The van der Waals surface area contributed by atoms with Gasteiger partial charge in [-0.15, -0.1) is 0 Å². The second-order valence-corrected chi connectivity index (χ2v) is 6.11. The molecule has 0 aliphatic heterocycles. The molecule has 0 radical (unpaired) electrons. The number of nitrogens with one attached hydrogen (secondary N) is 1. The van der Waals surface area contributed by atoms with Gasteiger partial charge in [0.05, 0.1) is 5.60 Å². The molecule has 0 heterocycles. The number of halogens is 1. The van der Waals surface area contributed by atoms with E-state index >= 15 is 0 Å². The molecule has 0 fully saturated rings. The summed E-state index contributed by atoms with van der Waals surface area (Å²) in [6.45, 7) is 2.37. The van der Waals surface area contributed by atoms with Gasteiger partial charge in [-0.1, -0.05) is 6.07 Å². The van der Waals surface area contributed by atoms with Crippen LogP contribution in [0.4, 0.5) is 4.39 Å². The van der Waals surface area contributed by atoms with Crippen LogP contribution in [0.5, 0.6) is 0 Å². The molecule has 1 aliphatic rings. The molecule has 0 bridgehead atoms. The highest BCUT2D eigenvalue weighted by Gasteiger charge is 2.26. The van der Waals surface area contributed by atoms with E-state index in [9.17, 15) is 9.50 Å². The Bertz CT molecular complexity index is 422. The van der Waals surface area contributed by atoms with Crippen LogP contribution in [-0.4, -0.2) is 29.3 Å². The fourth-order valence-corrected chi connectivity index (χ4v) is 3.21. The maximum Gasteiger partial charge on any atom is 0.123 e. The summed E-state index contributed by atoms with van der Waals surface area (Å²) in [5.41, 5.74) is 1.56. The molecular weight excluding hydrogens is 249 g/mol. The van der Waals surface area contributed by atoms with E-state index < -0.39 is 5.60 Å². The van der Waals surface area contributed by atoms with Crippen molar-refractivity contribution in [1.82, 2.24) is 5.32 Å². The number of thioether (sulfide) groups is 1. The molecule has 0 unspecified atom stereocenters. The smallest absolute Gasteiger partial charge is 0.123 e. The summed E-state index contributed by atoms with van der Waals surface area (Å²) in [5, 5.41) is 13.5. The Labute approximate surface area is 112 Å². The van der Waals surface area contributed by atoms with Crippen molar-refractivity contribution in [3.63, 3.8) is 0 Å². The second kappa shape index (κ2) is 5.59. The summed E-state index contributed by atoms with van der Waals surface area (Å²) < 4.78 is 13.2. The zero-order chi connectivity index (χ0) is 13.2. The zero-order valence-electron chi connectivity index (χ0n) is 10.9. The van der Waals surface area contributed by atoms with Crippen LogP contribution < -0.4 is 5.32 Å². The normalized spacial score (nSPS) is 21.7. The van der Waals surface area contributed by atoms with Crippen LogP contribution in [0.25, 0.3) is 0 Å². The average molecular weight is 269 g/mol. The number of aliphatic hydroxyl groups is 1. The summed E-state index contributed by atoms with van der Waals surface area (Å²) in [5.74, 6) is 0.515. The monoisotopic (exact) mass is 269 g/mol. The average Bonchev–Trinajstić information content (AvgIpc) is 2.69. The van der Waals surface area contributed by atoms with E-state index in [1.807, 2.05) is 19.2 Å². The third-order valence-corrected chi connectivity index (χ3v) is 4.28. The molecule has 0 saturated heterocycles. The first-order valence-corrected chi connectivity index (χ1v) is 7.64. The van der Waals surface area contributed by atoms with E-state index in [2.05, 4.69) is 5.32 Å². The predicted molar refractivity (Wildman–Crippen MR) is 74.5 cm³/mol. The van der Waals surface area contributed by atoms with E-state index in [0.29, 0.717) is 12.3 Å². The lowest BCUT2D eigenvalue weighted by atomic mass is 10.1. The van der Waals surface area contributed by atoms with Gasteiger partial charge in [-0.05, 0) is 49.3 Å². The lowest BCUT2D eigenvalue weighted by Gasteiger charge is -2.25. The molecular formula is C14H20FNOS. The Kier molecular flexibility index (Phi) is 4.30. The first kappa shape index (κ1) is 13.8. The van der Waals surface area contributed by atoms with Crippen LogP contribution in [-0.2, 0) is 6.42 Å². The van der Waals surface area contributed by atoms with Gasteiger partial charge < -0.3 is 10.4 Å². The third-order valence-electron chi connectivity index (χ3n) is 3.37. The van der Waals surface area contributed by atoms with E-state index in [0.717, 1.165) is 18.4 Å². The van der Waals surface area contributed by atoms with E-state index in [-0.39, 0.29) is 11.9 Å². The lowest BCUT2D eigenvalue weighted by Crippen LogP contribution is -2.41. The SMILES string of the molecule is CSC[C@](C)(O)CN[C@@H]1CCc2ccc(F)cc21. The van der Waals surface area contributed by atoms with Gasteiger partial charge in [0.25, 0.3) is 0 Å². The summed E-state index contributed by atoms with van der Waals surface area (Å²) in [7, 11) is 0. The van der Waals surface area contributed by atoms with Gasteiger partial charge in [-0.2, -0.15) is 11.8 Å². The lowest BCUT2D eigenvalue weighted by molar-refractivity contribution is 0.0814. The van der Waals surface area contributed by atoms with Crippen LogP contribution in [0.15, 0.2) is 18.2 Å². The first-order chi connectivity index (χ1) is 8.52. The molecule has 18 heavy (non-hydrogen) atoms. The fourth-order valence-electron chi connectivity index (χ4n) is 2.49. The minimum absolute atomic E-state index is 0.170. The molecule has 0 spiro atoms. The topological polar surface area (TPSA) is 32.3 Å². The number of fused-ring (bicyclic) bond motifs is 1. The predicted octanol–water partition coefficient (Wildman–Crippen LogP) is 2.52. The van der Waals surface area contributed by atoms with Crippen molar-refractivity contribution in [1.29, 1.82) is 0 Å². The van der Waals surface area contributed by atoms with Crippen molar-refractivity contribution >= 4 is 11.8 Å². The van der Waals surface area contributed by atoms with Crippen molar-refractivity contribution in [3.8, 4) is 0 Å². The second-order valence-electron chi connectivity index (χ2n) is 5.25. The fraction of sp³-hybridized carbons (Fsp3) is 0.571. The van der Waals surface area contributed by atoms with Gasteiger partial charge in [0.15, 0.2) is 0 Å². The Morgan fingerprint density at radius 1 is 1.56 bits per heavy atom. The molecule has 1 aliphatic carbocycles. The molecule has 100 valence electrons. The summed E-state index contributed by atoms with van der Waals surface area (Å²) >= 11 is 1.63. The van der Waals surface area contributed by atoms with Crippen molar-refractivity contribution in [2.75, 3.05) is 18.6 Å². The van der Waals surface area contributed by atoms with Crippen molar-refractivity contribution < 1.29 is 9.50 Å². The molecule has 1 aromatic rings. The van der Waals surface area contributed by atoms with Gasteiger partial charge in [-0.25, -0.2) is 4.39 Å². The molecule has 2 atom stereocenters. The zero-order valence-corrected chi connectivity index (χ0v) is 11.7. The molecule has 2 nitrogen and oxygen atoms in total. The molecule has 2 N–H and O–H groups in total. The van der Waals surface area contributed by atoms with Gasteiger partial charge >= 0.3 is 0 Å². The van der Waals surface area contributed by atoms with Crippen molar-refractivity contribution in [2.24, 2.45) is 0 Å². The van der Waals surface area contributed by atoms with Crippen LogP contribution >= 0.6 is 11.8 Å². The number of benzene rings is 1. The highest BCUT2D eigenvalue weighted by atomic mass is 32.2. The van der Waals surface area contributed by atoms with Crippen LogP contribution in [0.1, 0.15) is 30.5 Å². The quantitative estimate of drug-likeness (QED) is 0.861. The maximum atomic E-state index is 13.2. The minimum Gasteiger partial charge on any atom is -0.388 e. The molecule has 1 aromatic carbocycles. The summed E-state index contributed by atoms with van der Waals surface area (Å²) in [4.78, 5) is 0. The minimum atomic E-state index is -0.713. The number of hydrogen-bond donors (Lipinski definition) is 2. The molecule has 0 saturated carbocycles. The van der Waals surface area contributed by atoms with Gasteiger partial charge in [0.1, 0.15) is 5.82 Å². The molecule has 2 rings (SSSR count). The third kappa shape index (κ3) is 3.25. The largest absolute Gasteiger partial charge is 0.388 e. The summed E-state index contributed by atoms with van der Waals surface area (Å²) in [6.07, 6.45) is 3.95. The van der Waals surface area contributed by atoms with E-state index in [1.165, 1.54) is 11.6 Å². The Hall–Kier alpha value is -0.580. The van der Waals surface area contributed by atoms with Crippen LogP contribution in [0, 0.1) is 5.82 Å². The number of aryl methyl sites for hydroxylation is 1. The van der Waals surface area contributed by atoms with E-state index in [4.69, 9.17) is 0 Å².